The van der Waals surface area contributed by atoms with E-state index < -0.39 is 6.36 Å². The van der Waals surface area contributed by atoms with Crippen LogP contribution in [0.15, 0.2) is 66.9 Å². The van der Waals surface area contributed by atoms with Crippen LogP contribution in [0.25, 0.3) is 22.0 Å². The third-order valence-corrected chi connectivity index (χ3v) is 10.6. The van der Waals surface area contributed by atoms with Crippen molar-refractivity contribution in [3.05, 3.63) is 88.0 Å². The second kappa shape index (κ2) is 14.5. The minimum absolute atomic E-state index is 0.0116. The Bertz CT molecular complexity index is 1770. The van der Waals surface area contributed by atoms with Crippen LogP contribution in [0, 0.1) is 0 Å². The largest absolute Gasteiger partial charge is 0.573 e. The van der Waals surface area contributed by atoms with Crippen LogP contribution in [0.5, 0.6) is 5.75 Å². The number of carbonyl (C=O) groups excluding carboxylic acids is 1. The molecule has 3 aromatic carbocycles. The van der Waals surface area contributed by atoms with Gasteiger partial charge in [0.1, 0.15) is 5.75 Å². The summed E-state index contributed by atoms with van der Waals surface area (Å²) >= 11 is 12.9. The van der Waals surface area contributed by atoms with Gasteiger partial charge in [-0.05, 0) is 60.4 Å². The van der Waals surface area contributed by atoms with E-state index in [2.05, 4.69) is 59.5 Å². The van der Waals surface area contributed by atoms with Crippen LogP contribution in [0.1, 0.15) is 24.0 Å². The number of likely N-dealkylation sites (tertiary alicyclic amines) is 2. The van der Waals surface area contributed by atoms with Crippen molar-refractivity contribution < 1.29 is 22.7 Å². The maximum atomic E-state index is 12.8. The van der Waals surface area contributed by atoms with Crippen LogP contribution < -0.4 is 20.7 Å². The Balaban J connectivity index is 1.06. The highest BCUT2D eigenvalue weighted by atomic mass is 35.5. The van der Waals surface area contributed by atoms with E-state index in [0.717, 1.165) is 79.7 Å². The van der Waals surface area contributed by atoms with Crippen LogP contribution in [-0.2, 0) is 24.4 Å². The molecule has 3 atom stereocenters. The predicted octanol–water partition coefficient (Wildman–Crippen LogP) is 6.04. The maximum Gasteiger partial charge on any atom is 0.573 e. The van der Waals surface area contributed by atoms with Gasteiger partial charge in [0.2, 0.25) is 5.91 Å². The molecule has 4 aromatic rings. The smallest absolute Gasteiger partial charge is 0.406 e. The molecule has 3 aliphatic heterocycles. The van der Waals surface area contributed by atoms with Crippen molar-refractivity contribution in [2.24, 2.45) is 0 Å². The van der Waals surface area contributed by atoms with Gasteiger partial charge in [-0.25, -0.2) is 0 Å². The molecule has 0 spiro atoms. The molecule has 3 fully saturated rings. The molecule has 3 saturated heterocycles. The minimum atomic E-state index is -4.75. The van der Waals surface area contributed by atoms with Crippen molar-refractivity contribution in [1.82, 2.24) is 30.3 Å². The summed E-state index contributed by atoms with van der Waals surface area (Å²) in [5, 5.41) is 11.9. The molecule has 1 amide bonds. The fraction of sp³-hybridized carbons (Fsp3) is 0.417. The third kappa shape index (κ3) is 7.87. The Labute approximate surface area is 293 Å². The zero-order chi connectivity index (χ0) is 34.1. The lowest BCUT2D eigenvalue weighted by Crippen LogP contribution is -2.55. The fourth-order valence-corrected chi connectivity index (χ4v) is 7.97. The van der Waals surface area contributed by atoms with Gasteiger partial charge in [-0.3, -0.25) is 14.6 Å². The Morgan fingerprint density at radius 2 is 1.69 bits per heavy atom. The van der Waals surface area contributed by atoms with Crippen molar-refractivity contribution in [2.75, 3.05) is 39.3 Å². The van der Waals surface area contributed by atoms with E-state index in [1.54, 1.807) is 12.1 Å². The third-order valence-electron chi connectivity index (χ3n) is 9.85. The standard InChI is InChI=1S/C36H39Cl2F3N6O2/c37-31-3-1-4-32(38)30(31)22-47-20-25-16-26(47)19-46(25)18-23-5-10-34-28(15-23)29(24-6-8-27(9-7-24)49-36(39,40)41)21-45(34)14-2-11-44-35(48)33-17-42-12-13-43-33/h1,3-10,15,21,25-26,33,42-43H,2,11-14,16-20,22H2,(H,44,48). The second-order valence-electron chi connectivity index (χ2n) is 13.1. The van der Waals surface area contributed by atoms with Crippen LogP contribution in [0.2, 0.25) is 10.0 Å². The van der Waals surface area contributed by atoms with Gasteiger partial charge in [0.15, 0.2) is 0 Å². The molecule has 0 saturated carbocycles. The normalized spacial score (nSPS) is 21.4. The number of aromatic nitrogens is 1. The van der Waals surface area contributed by atoms with Gasteiger partial charge in [-0.15, -0.1) is 13.2 Å². The quantitative estimate of drug-likeness (QED) is 0.165. The topological polar surface area (TPSA) is 73.8 Å². The van der Waals surface area contributed by atoms with Crippen molar-refractivity contribution in [2.45, 2.75) is 57.0 Å². The number of fused-ring (bicyclic) bond motifs is 3. The number of nitrogens with zero attached hydrogens (tertiary/aromatic N) is 3. The van der Waals surface area contributed by atoms with Crippen LogP contribution in [0.3, 0.4) is 0 Å². The first-order valence-electron chi connectivity index (χ1n) is 16.7. The molecule has 13 heteroatoms. The van der Waals surface area contributed by atoms with Crippen molar-refractivity contribution in [3.63, 3.8) is 0 Å². The summed E-state index contributed by atoms with van der Waals surface area (Å²) in [5.41, 5.74) is 4.92. The number of rotatable bonds is 11. The van der Waals surface area contributed by atoms with Gasteiger partial charge in [0, 0.05) is 109 Å². The van der Waals surface area contributed by atoms with Crippen LogP contribution in [-0.4, -0.2) is 84.0 Å². The van der Waals surface area contributed by atoms with Crippen molar-refractivity contribution in [3.8, 4) is 16.9 Å². The van der Waals surface area contributed by atoms with E-state index in [1.807, 2.05) is 18.2 Å². The maximum absolute atomic E-state index is 12.8. The van der Waals surface area contributed by atoms with E-state index in [0.29, 0.717) is 41.8 Å². The number of piperazine rings is 2. The van der Waals surface area contributed by atoms with Gasteiger partial charge in [0.05, 0.1) is 6.04 Å². The van der Waals surface area contributed by atoms with Crippen molar-refractivity contribution >= 4 is 40.0 Å². The summed E-state index contributed by atoms with van der Waals surface area (Å²) in [6.07, 6.45) is -0.874. The summed E-state index contributed by atoms with van der Waals surface area (Å²) in [5.74, 6) is -0.267. The van der Waals surface area contributed by atoms with E-state index in [4.69, 9.17) is 23.2 Å². The molecule has 7 rings (SSSR count). The molecule has 0 aliphatic carbocycles. The number of aryl methyl sites for hydroxylation is 1. The molecule has 2 bridgehead atoms. The molecule has 3 N–H and O–H groups in total. The second-order valence-corrected chi connectivity index (χ2v) is 13.9. The fourth-order valence-electron chi connectivity index (χ4n) is 7.46. The SMILES string of the molecule is O=C(NCCCn1cc(-c2ccc(OC(F)(F)F)cc2)c2cc(CN3CC4CC3CN4Cc3c(Cl)cccc3Cl)ccc21)C1CNCCN1. The Kier molecular flexibility index (Phi) is 10.1. The summed E-state index contributed by atoms with van der Waals surface area (Å²) in [6.45, 7) is 6.87. The van der Waals surface area contributed by atoms with E-state index in [1.165, 1.54) is 17.7 Å². The van der Waals surface area contributed by atoms with Gasteiger partial charge < -0.3 is 25.3 Å². The summed E-state index contributed by atoms with van der Waals surface area (Å²) in [7, 11) is 0. The zero-order valence-electron chi connectivity index (χ0n) is 26.9. The first-order chi connectivity index (χ1) is 23.6. The molecule has 3 aliphatic rings. The number of ether oxygens (including phenoxy) is 1. The molecular formula is C36H39Cl2F3N6O2. The highest BCUT2D eigenvalue weighted by molar-refractivity contribution is 6.36. The zero-order valence-corrected chi connectivity index (χ0v) is 28.4. The first-order valence-corrected chi connectivity index (χ1v) is 17.5. The van der Waals surface area contributed by atoms with Crippen LogP contribution >= 0.6 is 23.2 Å². The monoisotopic (exact) mass is 714 g/mol. The Morgan fingerprint density at radius 3 is 2.37 bits per heavy atom. The van der Waals surface area contributed by atoms with E-state index in [-0.39, 0.29) is 17.7 Å². The number of alkyl halides is 3. The average Bonchev–Trinajstić information content (AvgIpc) is 3.77. The number of nitrogens with one attached hydrogen (secondary N) is 3. The van der Waals surface area contributed by atoms with Gasteiger partial charge in [-0.1, -0.05) is 47.5 Å². The molecule has 1 aromatic heterocycles. The number of halogens is 5. The Hall–Kier alpha value is -3.32. The number of carbonyl (C=O) groups is 1. The van der Waals surface area contributed by atoms with Crippen molar-refractivity contribution in [1.29, 1.82) is 0 Å². The van der Waals surface area contributed by atoms with Gasteiger partial charge >= 0.3 is 6.36 Å². The molecule has 260 valence electrons. The lowest BCUT2D eigenvalue weighted by molar-refractivity contribution is -0.274. The lowest BCUT2D eigenvalue weighted by atomic mass is 10.0. The average molecular weight is 716 g/mol. The molecule has 3 unspecified atom stereocenters. The molecule has 8 nitrogen and oxygen atoms in total. The lowest BCUT2D eigenvalue weighted by Gasteiger charge is -2.34. The minimum Gasteiger partial charge on any atom is -0.406 e. The number of benzene rings is 3. The summed E-state index contributed by atoms with van der Waals surface area (Å²) in [6, 6.07) is 18.8. The molecule has 4 heterocycles. The van der Waals surface area contributed by atoms with E-state index in [9.17, 15) is 18.0 Å². The number of amides is 1. The molecular weight excluding hydrogens is 676 g/mol. The number of hydrogen-bond acceptors (Lipinski definition) is 6. The molecule has 49 heavy (non-hydrogen) atoms. The molecule has 0 radical (unpaired) electrons. The van der Waals surface area contributed by atoms with Crippen LogP contribution in [0.4, 0.5) is 13.2 Å². The number of hydrogen-bond donors (Lipinski definition) is 3. The highest BCUT2D eigenvalue weighted by Gasteiger charge is 2.43. The predicted molar refractivity (Wildman–Crippen MR) is 186 cm³/mol. The van der Waals surface area contributed by atoms with E-state index >= 15 is 0 Å². The summed E-state index contributed by atoms with van der Waals surface area (Å²) in [4.78, 5) is 17.6. The highest BCUT2D eigenvalue weighted by Crippen LogP contribution is 2.37. The van der Waals surface area contributed by atoms with Gasteiger partial charge in [0.25, 0.3) is 0 Å². The summed E-state index contributed by atoms with van der Waals surface area (Å²) < 4.78 is 44.7. The van der Waals surface area contributed by atoms with Gasteiger partial charge in [-0.2, -0.15) is 0 Å². The Morgan fingerprint density at radius 1 is 0.959 bits per heavy atom. The first kappa shape index (κ1) is 34.1.